The lowest BCUT2D eigenvalue weighted by Gasteiger charge is -2.12. The van der Waals surface area contributed by atoms with Gasteiger partial charge in [0.15, 0.2) is 0 Å². The normalized spacial score (nSPS) is 14.4. The predicted octanol–water partition coefficient (Wildman–Crippen LogP) is 1.95. The number of primary amides is 1. The highest BCUT2D eigenvalue weighted by molar-refractivity contribution is 6.05. The molecule has 2 aromatic heterocycles. The summed E-state index contributed by atoms with van der Waals surface area (Å²) in [6.45, 7) is -1.27. The van der Waals surface area contributed by atoms with Crippen LogP contribution in [-0.2, 0) is 11.3 Å². The Labute approximate surface area is 140 Å². The van der Waals surface area contributed by atoms with E-state index in [4.69, 9.17) is 5.73 Å². The maximum absolute atomic E-state index is 12.5. The predicted molar refractivity (Wildman–Crippen MR) is 81.4 cm³/mol. The first-order valence-corrected chi connectivity index (χ1v) is 7.44. The summed E-state index contributed by atoms with van der Waals surface area (Å²) >= 11 is 0. The zero-order valence-electron chi connectivity index (χ0n) is 12.9. The molecule has 1 aliphatic carbocycles. The number of pyridine rings is 1. The van der Waals surface area contributed by atoms with Gasteiger partial charge in [-0.1, -0.05) is 0 Å². The van der Waals surface area contributed by atoms with Crippen LogP contribution in [0.2, 0.25) is 0 Å². The Hall–Kier alpha value is -2.91. The van der Waals surface area contributed by atoms with Gasteiger partial charge in [0.25, 0.3) is 0 Å². The minimum Gasteiger partial charge on any atom is -0.366 e. The number of aromatic nitrogens is 3. The molecule has 2 amide bonds. The van der Waals surface area contributed by atoms with Crippen molar-refractivity contribution in [3.05, 3.63) is 30.2 Å². The average molecular weight is 353 g/mol. The van der Waals surface area contributed by atoms with Crippen molar-refractivity contribution >= 4 is 17.6 Å². The maximum Gasteiger partial charge on any atom is 0.408 e. The number of nitrogens with zero attached hydrogens (tertiary/aromatic N) is 3. The van der Waals surface area contributed by atoms with Crippen molar-refractivity contribution < 1.29 is 22.8 Å². The molecule has 2 heterocycles. The van der Waals surface area contributed by atoms with Gasteiger partial charge in [-0.05, 0) is 18.9 Å². The van der Waals surface area contributed by atoms with Crippen LogP contribution in [0.3, 0.4) is 0 Å². The molecule has 0 unspecified atom stereocenters. The van der Waals surface area contributed by atoms with E-state index in [2.05, 4.69) is 15.4 Å². The number of nitrogens with two attached hydrogens (primary N) is 1. The van der Waals surface area contributed by atoms with Crippen LogP contribution in [0, 0.1) is 5.92 Å². The zero-order valence-corrected chi connectivity index (χ0v) is 12.9. The Morgan fingerprint density at radius 2 is 2.08 bits per heavy atom. The first kappa shape index (κ1) is 16.9. The molecule has 7 nitrogen and oxygen atoms in total. The standard InChI is InChI=1S/C15H14F3N5O2/c16-15(17,18)7-23-6-9(5-21-23)11-10(12(19)24)3-4-20-13(11)22-14(25)8-1-2-8/h3-6,8H,1-2,7H2,(H2,19,24)(H,20,22,25). The first-order chi connectivity index (χ1) is 11.7. The number of hydrogen-bond donors (Lipinski definition) is 2. The number of carbonyl (C=O) groups excluding carboxylic acids is 2. The van der Waals surface area contributed by atoms with E-state index >= 15 is 0 Å². The third-order valence-electron chi connectivity index (χ3n) is 3.67. The Bertz CT molecular complexity index is 827. The van der Waals surface area contributed by atoms with E-state index in [0.29, 0.717) is 4.68 Å². The molecule has 0 radical (unpaired) electrons. The fourth-order valence-electron chi connectivity index (χ4n) is 2.38. The second-order valence-electron chi connectivity index (χ2n) is 5.75. The second-order valence-corrected chi connectivity index (χ2v) is 5.75. The van der Waals surface area contributed by atoms with Crippen molar-refractivity contribution in [3.63, 3.8) is 0 Å². The number of anilines is 1. The Morgan fingerprint density at radius 1 is 1.36 bits per heavy atom. The van der Waals surface area contributed by atoms with Crippen LogP contribution in [0.4, 0.5) is 19.0 Å². The number of amides is 2. The van der Waals surface area contributed by atoms with Crippen LogP contribution in [0.5, 0.6) is 0 Å². The van der Waals surface area contributed by atoms with Gasteiger partial charge in [-0.3, -0.25) is 14.3 Å². The SMILES string of the molecule is NC(=O)c1ccnc(NC(=O)C2CC2)c1-c1cnn(CC(F)(F)F)c1. The van der Waals surface area contributed by atoms with E-state index in [9.17, 15) is 22.8 Å². The highest BCUT2D eigenvalue weighted by atomic mass is 19.4. The number of halogens is 3. The summed E-state index contributed by atoms with van der Waals surface area (Å²) in [4.78, 5) is 27.7. The smallest absolute Gasteiger partial charge is 0.366 e. The number of hydrogen-bond acceptors (Lipinski definition) is 4. The minimum absolute atomic E-state index is 0.0349. The van der Waals surface area contributed by atoms with E-state index in [1.54, 1.807) is 0 Å². The van der Waals surface area contributed by atoms with E-state index in [1.165, 1.54) is 18.5 Å². The van der Waals surface area contributed by atoms with Gasteiger partial charge in [-0.25, -0.2) is 4.98 Å². The molecule has 10 heteroatoms. The minimum atomic E-state index is -4.44. The molecule has 0 spiro atoms. The molecule has 1 fully saturated rings. The van der Waals surface area contributed by atoms with E-state index in [1.807, 2.05) is 0 Å². The van der Waals surface area contributed by atoms with Gasteiger partial charge in [0.05, 0.1) is 11.8 Å². The zero-order chi connectivity index (χ0) is 18.2. The molecule has 0 atom stereocenters. The topological polar surface area (TPSA) is 103 Å². The quantitative estimate of drug-likeness (QED) is 0.857. The van der Waals surface area contributed by atoms with Gasteiger partial charge in [-0.15, -0.1) is 0 Å². The van der Waals surface area contributed by atoms with Crippen LogP contribution < -0.4 is 11.1 Å². The van der Waals surface area contributed by atoms with Crippen molar-refractivity contribution in [2.45, 2.75) is 25.6 Å². The number of nitrogens with one attached hydrogen (secondary N) is 1. The summed E-state index contributed by atoms with van der Waals surface area (Å²) in [5, 5.41) is 6.26. The highest BCUT2D eigenvalue weighted by Crippen LogP contribution is 2.34. The molecule has 25 heavy (non-hydrogen) atoms. The molecule has 1 saturated carbocycles. The molecule has 2 aromatic rings. The fraction of sp³-hybridized carbons (Fsp3) is 0.333. The van der Waals surface area contributed by atoms with Gasteiger partial charge in [0.1, 0.15) is 12.4 Å². The van der Waals surface area contributed by atoms with Crippen LogP contribution in [-0.4, -0.2) is 32.8 Å². The summed E-state index contributed by atoms with van der Waals surface area (Å²) < 4.78 is 38.2. The molecule has 0 bridgehead atoms. The second kappa shape index (κ2) is 6.19. The molecular formula is C15H14F3N5O2. The molecular weight excluding hydrogens is 339 g/mol. The van der Waals surface area contributed by atoms with Crippen LogP contribution in [0.15, 0.2) is 24.7 Å². The lowest BCUT2D eigenvalue weighted by Crippen LogP contribution is -2.19. The lowest BCUT2D eigenvalue weighted by atomic mass is 10.0. The highest BCUT2D eigenvalue weighted by Gasteiger charge is 2.31. The average Bonchev–Trinajstić information content (AvgIpc) is 3.27. The third kappa shape index (κ3) is 3.95. The van der Waals surface area contributed by atoms with Crippen LogP contribution in [0.25, 0.3) is 11.1 Å². The summed E-state index contributed by atoms with van der Waals surface area (Å²) in [5.41, 5.74) is 5.74. The largest absolute Gasteiger partial charge is 0.408 e. The molecule has 1 aliphatic rings. The van der Waals surface area contributed by atoms with Crippen molar-refractivity contribution in [1.29, 1.82) is 0 Å². The van der Waals surface area contributed by atoms with E-state index in [0.717, 1.165) is 19.0 Å². The third-order valence-corrected chi connectivity index (χ3v) is 3.67. The lowest BCUT2D eigenvalue weighted by molar-refractivity contribution is -0.142. The summed E-state index contributed by atoms with van der Waals surface area (Å²) in [7, 11) is 0. The summed E-state index contributed by atoms with van der Waals surface area (Å²) in [5.74, 6) is -1.08. The molecule has 3 N–H and O–H groups in total. The van der Waals surface area contributed by atoms with Crippen molar-refractivity contribution in [2.75, 3.05) is 5.32 Å². The van der Waals surface area contributed by atoms with Crippen LogP contribution in [0.1, 0.15) is 23.2 Å². The molecule has 0 aromatic carbocycles. The van der Waals surface area contributed by atoms with Gasteiger partial charge in [0.2, 0.25) is 11.8 Å². The number of carbonyl (C=O) groups is 2. The summed E-state index contributed by atoms with van der Waals surface area (Å²) in [6.07, 6.45) is 0.687. The van der Waals surface area contributed by atoms with Gasteiger partial charge in [-0.2, -0.15) is 18.3 Å². The molecule has 132 valence electrons. The number of alkyl halides is 3. The van der Waals surface area contributed by atoms with E-state index in [-0.39, 0.29) is 34.3 Å². The first-order valence-electron chi connectivity index (χ1n) is 7.44. The van der Waals surface area contributed by atoms with Gasteiger partial charge in [0, 0.05) is 29.4 Å². The van der Waals surface area contributed by atoms with Crippen molar-refractivity contribution in [1.82, 2.24) is 14.8 Å². The Kier molecular flexibility index (Phi) is 4.19. The van der Waals surface area contributed by atoms with E-state index < -0.39 is 18.6 Å². The number of rotatable bonds is 5. The Morgan fingerprint density at radius 3 is 2.68 bits per heavy atom. The van der Waals surface area contributed by atoms with Gasteiger partial charge < -0.3 is 11.1 Å². The van der Waals surface area contributed by atoms with Crippen molar-refractivity contribution in [2.24, 2.45) is 11.7 Å². The van der Waals surface area contributed by atoms with Gasteiger partial charge >= 0.3 is 6.18 Å². The molecule has 0 saturated heterocycles. The van der Waals surface area contributed by atoms with Crippen LogP contribution >= 0.6 is 0 Å². The molecule has 0 aliphatic heterocycles. The summed E-state index contributed by atoms with van der Waals surface area (Å²) in [6, 6.07) is 1.34. The maximum atomic E-state index is 12.5. The fourth-order valence-corrected chi connectivity index (χ4v) is 2.38. The Balaban J connectivity index is 2.00. The monoisotopic (exact) mass is 353 g/mol. The van der Waals surface area contributed by atoms with Crippen molar-refractivity contribution in [3.8, 4) is 11.1 Å². The molecule has 3 rings (SSSR count).